The third-order valence-electron chi connectivity index (χ3n) is 3.49. The first-order valence-electron chi connectivity index (χ1n) is 5.96. The zero-order valence-electron chi connectivity index (χ0n) is 9.44. The molecule has 1 heterocycles. The number of carbonyl (C=O) groups excluding carboxylic acids is 1. The smallest absolute Gasteiger partial charge is 0.238 e. The molecule has 1 unspecified atom stereocenters. The van der Waals surface area contributed by atoms with Crippen LogP contribution in [0, 0.1) is 0 Å². The van der Waals surface area contributed by atoms with E-state index >= 15 is 0 Å². The van der Waals surface area contributed by atoms with Crippen LogP contribution < -0.4 is 16.0 Å². The van der Waals surface area contributed by atoms with Crippen molar-refractivity contribution in [3.05, 3.63) is 0 Å². The van der Waals surface area contributed by atoms with Crippen LogP contribution in [0.2, 0.25) is 0 Å². The van der Waals surface area contributed by atoms with Gasteiger partial charge in [0.2, 0.25) is 5.91 Å². The summed E-state index contributed by atoms with van der Waals surface area (Å²) in [6.45, 7) is 4.76. The molecule has 1 saturated heterocycles. The zero-order chi connectivity index (χ0) is 10.7. The minimum absolute atomic E-state index is 0.0452. The van der Waals surface area contributed by atoms with Crippen molar-refractivity contribution in [1.82, 2.24) is 16.0 Å². The molecule has 1 aliphatic heterocycles. The second-order valence-corrected chi connectivity index (χ2v) is 4.97. The van der Waals surface area contributed by atoms with E-state index in [-0.39, 0.29) is 17.5 Å². The quantitative estimate of drug-likeness (QED) is 0.602. The van der Waals surface area contributed by atoms with Crippen molar-refractivity contribution in [2.45, 2.75) is 44.2 Å². The number of hydrogen-bond donors (Lipinski definition) is 3. The van der Waals surface area contributed by atoms with E-state index in [4.69, 9.17) is 0 Å². The molecule has 4 heteroatoms. The van der Waals surface area contributed by atoms with Crippen LogP contribution >= 0.6 is 0 Å². The fourth-order valence-electron chi connectivity index (χ4n) is 2.50. The molecule has 1 atom stereocenters. The Morgan fingerprint density at radius 2 is 2.07 bits per heavy atom. The number of nitrogens with one attached hydrogen (secondary N) is 3. The van der Waals surface area contributed by atoms with E-state index < -0.39 is 0 Å². The van der Waals surface area contributed by atoms with Crippen molar-refractivity contribution in [2.24, 2.45) is 0 Å². The molecule has 3 N–H and O–H groups in total. The van der Waals surface area contributed by atoms with Gasteiger partial charge in [-0.05, 0) is 19.8 Å². The average molecular weight is 211 g/mol. The summed E-state index contributed by atoms with van der Waals surface area (Å²) in [7, 11) is 0. The first-order valence-corrected chi connectivity index (χ1v) is 5.96. The molecule has 0 aromatic heterocycles. The fraction of sp³-hybridized carbons (Fsp3) is 0.909. The van der Waals surface area contributed by atoms with Gasteiger partial charge in [0, 0.05) is 25.2 Å². The van der Waals surface area contributed by atoms with Gasteiger partial charge < -0.3 is 16.0 Å². The van der Waals surface area contributed by atoms with Gasteiger partial charge in [0.05, 0.1) is 6.04 Å². The molecule has 4 nitrogen and oxygen atoms in total. The van der Waals surface area contributed by atoms with E-state index in [2.05, 4.69) is 22.9 Å². The van der Waals surface area contributed by atoms with Gasteiger partial charge in [-0.25, -0.2) is 0 Å². The highest BCUT2D eigenvalue weighted by Gasteiger charge is 2.32. The zero-order valence-corrected chi connectivity index (χ0v) is 9.44. The minimum Gasteiger partial charge on any atom is -0.350 e. The molecule has 86 valence electrons. The van der Waals surface area contributed by atoms with E-state index in [0.717, 1.165) is 32.5 Å². The molecule has 1 saturated carbocycles. The highest BCUT2D eigenvalue weighted by molar-refractivity contribution is 5.82. The Morgan fingerprint density at radius 3 is 2.67 bits per heavy atom. The molecule has 1 aliphatic carbocycles. The van der Waals surface area contributed by atoms with Crippen LogP contribution in [0.5, 0.6) is 0 Å². The Hall–Kier alpha value is -0.610. The highest BCUT2D eigenvalue weighted by Crippen LogP contribution is 2.28. The van der Waals surface area contributed by atoms with Crippen molar-refractivity contribution in [2.75, 3.05) is 19.6 Å². The lowest BCUT2D eigenvalue weighted by molar-refractivity contribution is -0.125. The van der Waals surface area contributed by atoms with Crippen LogP contribution in [0.3, 0.4) is 0 Å². The lowest BCUT2D eigenvalue weighted by Crippen LogP contribution is -2.59. The van der Waals surface area contributed by atoms with Gasteiger partial charge in [-0.1, -0.05) is 12.8 Å². The monoisotopic (exact) mass is 211 g/mol. The summed E-state index contributed by atoms with van der Waals surface area (Å²) >= 11 is 0. The van der Waals surface area contributed by atoms with E-state index in [9.17, 15) is 4.79 Å². The summed E-state index contributed by atoms with van der Waals surface area (Å²) in [6.07, 6.45) is 4.73. The van der Waals surface area contributed by atoms with Crippen LogP contribution in [0.15, 0.2) is 0 Å². The van der Waals surface area contributed by atoms with Crippen LogP contribution in [-0.4, -0.2) is 37.1 Å². The standard InChI is InChI=1S/C11H21N3O/c1-11(4-2-3-5-11)14-10(15)9-8-12-6-7-13-9/h9,12-13H,2-8H2,1H3,(H,14,15). The number of amides is 1. The molecule has 2 rings (SSSR count). The fourth-order valence-corrected chi connectivity index (χ4v) is 2.50. The van der Waals surface area contributed by atoms with Crippen LogP contribution in [0.1, 0.15) is 32.6 Å². The Balaban J connectivity index is 1.85. The Morgan fingerprint density at radius 1 is 1.33 bits per heavy atom. The molecule has 0 aromatic carbocycles. The molecule has 1 amide bonds. The summed E-state index contributed by atoms with van der Waals surface area (Å²) < 4.78 is 0. The maximum Gasteiger partial charge on any atom is 0.238 e. The summed E-state index contributed by atoms with van der Waals surface area (Å²) in [4.78, 5) is 11.9. The second kappa shape index (κ2) is 4.49. The van der Waals surface area contributed by atoms with E-state index in [1.165, 1.54) is 12.8 Å². The molecule has 0 aromatic rings. The van der Waals surface area contributed by atoms with E-state index in [0.29, 0.717) is 0 Å². The molecular weight excluding hydrogens is 190 g/mol. The first kappa shape index (κ1) is 10.9. The number of hydrogen-bond acceptors (Lipinski definition) is 3. The van der Waals surface area contributed by atoms with Gasteiger partial charge in [0.1, 0.15) is 0 Å². The largest absolute Gasteiger partial charge is 0.350 e. The van der Waals surface area contributed by atoms with Crippen LogP contribution in [-0.2, 0) is 4.79 Å². The van der Waals surface area contributed by atoms with Gasteiger partial charge in [0.15, 0.2) is 0 Å². The Bertz CT molecular complexity index is 230. The molecule has 2 aliphatic rings. The van der Waals surface area contributed by atoms with Crippen molar-refractivity contribution >= 4 is 5.91 Å². The molecule has 15 heavy (non-hydrogen) atoms. The maximum absolute atomic E-state index is 11.9. The predicted octanol–water partition coefficient (Wildman–Crippen LogP) is -0.00330. The summed E-state index contributed by atoms with van der Waals surface area (Å²) in [5.41, 5.74) is 0.0518. The van der Waals surface area contributed by atoms with Crippen molar-refractivity contribution in [3.63, 3.8) is 0 Å². The third kappa shape index (κ3) is 2.69. The van der Waals surface area contributed by atoms with E-state index in [1.807, 2.05) is 0 Å². The summed E-state index contributed by atoms with van der Waals surface area (Å²) in [6, 6.07) is -0.0452. The van der Waals surface area contributed by atoms with Gasteiger partial charge >= 0.3 is 0 Å². The first-order chi connectivity index (χ1) is 7.20. The minimum atomic E-state index is -0.0452. The predicted molar refractivity (Wildman–Crippen MR) is 59.7 cm³/mol. The maximum atomic E-state index is 11.9. The molecule has 0 radical (unpaired) electrons. The summed E-state index contributed by atoms with van der Waals surface area (Å²) in [5.74, 6) is 0.159. The van der Waals surface area contributed by atoms with Gasteiger partial charge in [-0.3, -0.25) is 4.79 Å². The Kier molecular flexibility index (Phi) is 3.26. The number of rotatable bonds is 2. The normalized spacial score (nSPS) is 30.1. The topological polar surface area (TPSA) is 53.2 Å². The summed E-state index contributed by atoms with van der Waals surface area (Å²) in [5, 5.41) is 9.65. The van der Waals surface area contributed by atoms with Crippen LogP contribution in [0.25, 0.3) is 0 Å². The molecule has 0 spiro atoms. The molecule has 2 fully saturated rings. The molecular formula is C11H21N3O. The van der Waals surface area contributed by atoms with E-state index in [1.54, 1.807) is 0 Å². The van der Waals surface area contributed by atoms with Crippen molar-refractivity contribution < 1.29 is 4.79 Å². The van der Waals surface area contributed by atoms with Crippen molar-refractivity contribution in [1.29, 1.82) is 0 Å². The number of piperazine rings is 1. The lowest BCUT2D eigenvalue weighted by atomic mass is 10.00. The van der Waals surface area contributed by atoms with Crippen LogP contribution in [0.4, 0.5) is 0 Å². The highest BCUT2D eigenvalue weighted by atomic mass is 16.2. The lowest BCUT2D eigenvalue weighted by Gasteiger charge is -2.30. The van der Waals surface area contributed by atoms with Gasteiger partial charge in [-0.15, -0.1) is 0 Å². The van der Waals surface area contributed by atoms with Gasteiger partial charge in [0.25, 0.3) is 0 Å². The average Bonchev–Trinajstić information content (AvgIpc) is 2.66. The Labute approximate surface area is 91.2 Å². The van der Waals surface area contributed by atoms with Gasteiger partial charge in [-0.2, -0.15) is 0 Å². The molecule has 0 bridgehead atoms. The van der Waals surface area contributed by atoms with Crippen molar-refractivity contribution in [3.8, 4) is 0 Å². The number of carbonyl (C=O) groups is 1. The SMILES string of the molecule is CC1(NC(=O)C2CNCCN2)CCCC1. The third-order valence-corrected chi connectivity index (χ3v) is 3.49. The second-order valence-electron chi connectivity index (χ2n) is 4.97.